The van der Waals surface area contributed by atoms with Gasteiger partial charge in [0, 0.05) is 18.0 Å². The number of benzene rings is 2. The molecule has 0 aliphatic carbocycles. The second-order valence-electron chi connectivity index (χ2n) is 6.60. The minimum atomic E-state index is 0.00519. The van der Waals surface area contributed by atoms with Crippen molar-refractivity contribution >= 4 is 40.3 Å². The van der Waals surface area contributed by atoms with Crippen molar-refractivity contribution in [2.45, 2.75) is 31.7 Å². The van der Waals surface area contributed by atoms with Crippen LogP contribution in [0.5, 0.6) is 0 Å². The van der Waals surface area contributed by atoms with Crippen molar-refractivity contribution < 1.29 is 4.79 Å². The number of thioether (sulfide) groups is 2. The van der Waals surface area contributed by atoms with Crippen LogP contribution in [0.2, 0.25) is 0 Å². The maximum Gasteiger partial charge on any atom is 0.269 e. The van der Waals surface area contributed by atoms with E-state index < -0.39 is 0 Å². The smallest absolute Gasteiger partial charge is 0.269 e. The molecule has 2 aromatic carbocycles. The molecule has 0 radical (unpaired) electrons. The van der Waals surface area contributed by atoms with Crippen LogP contribution in [0.15, 0.2) is 74.4 Å². The lowest BCUT2D eigenvalue weighted by atomic mass is 10.1. The Labute approximate surface area is 174 Å². The number of rotatable bonds is 4. The van der Waals surface area contributed by atoms with Crippen molar-refractivity contribution in [2.24, 2.45) is 4.99 Å². The van der Waals surface area contributed by atoms with E-state index in [0.29, 0.717) is 6.54 Å². The predicted molar refractivity (Wildman–Crippen MR) is 120 cm³/mol. The molecular weight excluding hydrogens is 386 g/mol. The topological polar surface area (TPSA) is 35.9 Å². The summed E-state index contributed by atoms with van der Waals surface area (Å²) in [5.41, 5.74) is 2.33. The Balaban J connectivity index is 1.70. The lowest BCUT2D eigenvalue weighted by molar-refractivity contribution is -0.122. The van der Waals surface area contributed by atoms with E-state index in [4.69, 9.17) is 4.99 Å². The summed E-state index contributed by atoms with van der Waals surface area (Å²) >= 11 is 3.19. The summed E-state index contributed by atoms with van der Waals surface area (Å²) in [5.74, 6) is 0.0558. The molecule has 4 rings (SSSR count). The number of amidine groups is 1. The Morgan fingerprint density at radius 2 is 1.61 bits per heavy atom. The number of aliphatic imine (C=N–C) groups is 1. The standard InChI is InChI=1S/C22H23N3OS2/c1-4-24-17-13-9-10-14-18(17)27-21(24)19-20(26)25(5-2)22(28-19)23-15(3)16-11-7-6-8-12-16/h6-15H,4-5H2,1-3H3. The first-order valence-corrected chi connectivity index (χ1v) is 11.2. The molecule has 1 fully saturated rings. The number of likely N-dealkylation sites (N-methyl/N-ethyl adjacent to an activating group) is 1. The molecule has 2 heterocycles. The van der Waals surface area contributed by atoms with Crippen LogP contribution in [0.1, 0.15) is 32.4 Å². The highest BCUT2D eigenvalue weighted by atomic mass is 32.2. The third-order valence-corrected chi connectivity index (χ3v) is 7.28. The molecular formula is C22H23N3OS2. The third kappa shape index (κ3) is 3.35. The van der Waals surface area contributed by atoms with Crippen molar-refractivity contribution in [3.05, 3.63) is 70.1 Å². The van der Waals surface area contributed by atoms with Crippen LogP contribution in [0.4, 0.5) is 5.69 Å². The molecule has 0 spiro atoms. The van der Waals surface area contributed by atoms with E-state index in [9.17, 15) is 4.79 Å². The van der Waals surface area contributed by atoms with Crippen molar-refractivity contribution in [1.82, 2.24) is 4.90 Å². The van der Waals surface area contributed by atoms with Gasteiger partial charge in [-0.2, -0.15) is 0 Å². The number of hydrogen-bond donors (Lipinski definition) is 0. The van der Waals surface area contributed by atoms with Gasteiger partial charge in [0.2, 0.25) is 0 Å². The van der Waals surface area contributed by atoms with E-state index in [1.165, 1.54) is 22.3 Å². The highest BCUT2D eigenvalue weighted by Gasteiger charge is 2.39. The number of nitrogens with zero attached hydrogens (tertiary/aromatic N) is 3. The van der Waals surface area contributed by atoms with Gasteiger partial charge in [-0.25, -0.2) is 0 Å². The van der Waals surface area contributed by atoms with Crippen molar-refractivity contribution in [1.29, 1.82) is 0 Å². The minimum Gasteiger partial charge on any atom is -0.334 e. The van der Waals surface area contributed by atoms with E-state index in [1.54, 1.807) is 16.7 Å². The van der Waals surface area contributed by atoms with Gasteiger partial charge in [0.05, 0.1) is 11.7 Å². The zero-order valence-corrected chi connectivity index (χ0v) is 17.9. The Morgan fingerprint density at radius 1 is 0.929 bits per heavy atom. The van der Waals surface area contributed by atoms with Crippen molar-refractivity contribution in [2.75, 3.05) is 18.0 Å². The molecule has 2 aliphatic heterocycles. The summed E-state index contributed by atoms with van der Waals surface area (Å²) in [7, 11) is 0. The molecule has 0 aromatic heterocycles. The second-order valence-corrected chi connectivity index (χ2v) is 8.61. The first-order chi connectivity index (χ1) is 13.6. The van der Waals surface area contributed by atoms with Crippen LogP contribution < -0.4 is 4.90 Å². The summed E-state index contributed by atoms with van der Waals surface area (Å²) in [4.78, 5) is 24.1. The number of para-hydroxylation sites is 1. The number of carbonyl (C=O) groups is 1. The Hall–Kier alpha value is -2.18. The Bertz CT molecular complexity index is 955. The molecule has 0 N–H and O–H groups in total. The fourth-order valence-corrected chi connectivity index (χ4v) is 5.92. The van der Waals surface area contributed by atoms with Gasteiger partial charge >= 0.3 is 0 Å². The highest BCUT2D eigenvalue weighted by Crippen LogP contribution is 2.50. The van der Waals surface area contributed by atoms with Crippen molar-refractivity contribution in [3.8, 4) is 0 Å². The molecule has 6 heteroatoms. The molecule has 1 amide bonds. The summed E-state index contributed by atoms with van der Waals surface area (Å²) < 4.78 is 0. The lowest BCUT2D eigenvalue weighted by Crippen LogP contribution is -2.30. The maximum atomic E-state index is 13.2. The highest BCUT2D eigenvalue weighted by molar-refractivity contribution is 8.19. The summed E-state index contributed by atoms with van der Waals surface area (Å²) in [6.45, 7) is 7.65. The van der Waals surface area contributed by atoms with Gasteiger partial charge in [-0.15, -0.1) is 0 Å². The van der Waals surface area contributed by atoms with Crippen LogP contribution in [0.3, 0.4) is 0 Å². The van der Waals surface area contributed by atoms with E-state index in [1.807, 2.05) is 37.3 Å². The number of carbonyl (C=O) groups excluding carboxylic acids is 1. The zero-order chi connectivity index (χ0) is 19.7. The molecule has 1 unspecified atom stereocenters. The molecule has 1 saturated heterocycles. The molecule has 4 nitrogen and oxygen atoms in total. The minimum absolute atomic E-state index is 0.00519. The van der Waals surface area contributed by atoms with Gasteiger partial charge in [-0.3, -0.25) is 14.7 Å². The first-order valence-electron chi connectivity index (χ1n) is 9.55. The molecule has 2 aliphatic rings. The third-order valence-electron chi connectivity index (χ3n) is 4.88. The summed E-state index contributed by atoms with van der Waals surface area (Å²) in [5, 5.41) is 1.81. The van der Waals surface area contributed by atoms with E-state index in [2.05, 4.69) is 43.0 Å². The first kappa shape index (κ1) is 19.2. The van der Waals surface area contributed by atoms with Crippen LogP contribution in [-0.4, -0.2) is 29.1 Å². The molecule has 0 saturated carbocycles. The number of anilines is 1. The predicted octanol–water partition coefficient (Wildman–Crippen LogP) is 5.50. The van der Waals surface area contributed by atoms with Gasteiger partial charge in [-0.05, 0) is 50.2 Å². The Morgan fingerprint density at radius 3 is 2.32 bits per heavy atom. The lowest BCUT2D eigenvalue weighted by Gasteiger charge is -2.19. The molecule has 28 heavy (non-hydrogen) atoms. The second kappa shape index (κ2) is 8.05. The van der Waals surface area contributed by atoms with E-state index in [0.717, 1.165) is 27.2 Å². The van der Waals surface area contributed by atoms with Crippen molar-refractivity contribution in [3.63, 3.8) is 0 Å². The fraction of sp³-hybridized carbons (Fsp3) is 0.273. The van der Waals surface area contributed by atoms with E-state index >= 15 is 0 Å². The van der Waals surface area contributed by atoms with Gasteiger partial charge in [0.1, 0.15) is 9.93 Å². The van der Waals surface area contributed by atoms with Crippen LogP contribution >= 0.6 is 23.5 Å². The quantitative estimate of drug-likeness (QED) is 0.625. The van der Waals surface area contributed by atoms with Gasteiger partial charge in [0.15, 0.2) is 5.17 Å². The SMILES string of the molecule is CCN1C(=O)C(=C2Sc3ccccc3N2CC)SC1=NC(C)c1ccccc1. The monoisotopic (exact) mass is 409 g/mol. The zero-order valence-electron chi connectivity index (χ0n) is 16.3. The van der Waals surface area contributed by atoms with Gasteiger partial charge in [0.25, 0.3) is 5.91 Å². The maximum absolute atomic E-state index is 13.2. The molecule has 1 atom stereocenters. The molecule has 0 bridgehead atoms. The number of hydrogen-bond acceptors (Lipinski definition) is 5. The molecule has 144 valence electrons. The fourth-order valence-electron chi connectivity index (χ4n) is 3.40. The van der Waals surface area contributed by atoms with Crippen LogP contribution in [0.25, 0.3) is 0 Å². The number of amides is 1. The average Bonchev–Trinajstić information content (AvgIpc) is 3.25. The van der Waals surface area contributed by atoms with Gasteiger partial charge < -0.3 is 4.90 Å². The van der Waals surface area contributed by atoms with Crippen LogP contribution in [0, 0.1) is 0 Å². The molecule has 2 aromatic rings. The largest absolute Gasteiger partial charge is 0.334 e. The average molecular weight is 410 g/mol. The van der Waals surface area contributed by atoms with Crippen LogP contribution in [-0.2, 0) is 4.79 Å². The van der Waals surface area contributed by atoms with Gasteiger partial charge in [-0.1, -0.05) is 54.2 Å². The normalized spacial score (nSPS) is 21.5. The summed E-state index contributed by atoms with van der Waals surface area (Å²) in [6, 6.07) is 18.5. The van der Waals surface area contributed by atoms with E-state index in [-0.39, 0.29) is 11.9 Å². The summed E-state index contributed by atoms with van der Waals surface area (Å²) in [6.07, 6.45) is 0. The number of fused-ring (bicyclic) bond motifs is 1. The Kier molecular flexibility index (Phi) is 5.51.